The van der Waals surface area contributed by atoms with Crippen LogP contribution in [0.15, 0.2) is 34.6 Å². The molecule has 1 fully saturated rings. The van der Waals surface area contributed by atoms with Gasteiger partial charge in [-0.3, -0.25) is 0 Å². The molecule has 0 aromatic carbocycles. The lowest BCUT2D eigenvalue weighted by molar-refractivity contribution is -0.107. The third-order valence-electron chi connectivity index (χ3n) is 3.91. The maximum atomic E-state index is 10.7. The molecule has 0 aromatic heterocycles. The van der Waals surface area contributed by atoms with Crippen LogP contribution in [0.1, 0.15) is 46.0 Å². The molecule has 0 radical (unpaired) electrons. The monoisotopic (exact) mass is 232 g/mol. The molecule has 0 aromatic rings. The fourth-order valence-electron chi connectivity index (χ4n) is 2.68. The van der Waals surface area contributed by atoms with Gasteiger partial charge in [0.2, 0.25) is 0 Å². The zero-order valence-electron chi connectivity index (χ0n) is 10.6. The Morgan fingerprint density at radius 2 is 2.18 bits per heavy atom. The van der Waals surface area contributed by atoms with E-state index in [0.29, 0.717) is 6.42 Å². The van der Waals surface area contributed by atoms with E-state index in [9.17, 15) is 9.90 Å². The van der Waals surface area contributed by atoms with Gasteiger partial charge >= 0.3 is 0 Å². The molecule has 0 atom stereocenters. The van der Waals surface area contributed by atoms with Crippen molar-refractivity contribution >= 4 is 6.29 Å². The van der Waals surface area contributed by atoms with Crippen molar-refractivity contribution in [1.82, 2.24) is 0 Å². The smallest absolute Gasteiger partial charge is 0.124 e. The standard InChI is InChI=1S/C15H20O2/c1-15(2)6-3-4-11-8-13(15)10-12(5-7-16)14(17)9-11/h7,9-10,17H,3-6,8H2,1-2H3. The lowest BCUT2D eigenvalue weighted by atomic mass is 9.79. The van der Waals surface area contributed by atoms with Gasteiger partial charge < -0.3 is 9.90 Å². The summed E-state index contributed by atoms with van der Waals surface area (Å²) in [6, 6.07) is 0. The van der Waals surface area contributed by atoms with Crippen LogP contribution in [0.4, 0.5) is 0 Å². The summed E-state index contributed by atoms with van der Waals surface area (Å²) < 4.78 is 0. The fourth-order valence-corrected chi connectivity index (χ4v) is 2.68. The molecule has 0 saturated heterocycles. The minimum absolute atomic E-state index is 0.175. The first kappa shape index (κ1) is 12.2. The number of rotatable bonds is 2. The van der Waals surface area contributed by atoms with Gasteiger partial charge in [-0.15, -0.1) is 0 Å². The highest BCUT2D eigenvalue weighted by atomic mass is 16.3. The topological polar surface area (TPSA) is 37.3 Å². The average molecular weight is 232 g/mol. The molecule has 1 saturated carbocycles. The lowest BCUT2D eigenvalue weighted by Crippen LogP contribution is -2.13. The van der Waals surface area contributed by atoms with Crippen LogP contribution in [0.3, 0.4) is 0 Å². The number of hydrogen-bond acceptors (Lipinski definition) is 2. The fraction of sp³-hybridized carbons (Fsp3) is 0.533. The van der Waals surface area contributed by atoms with Gasteiger partial charge in [0.05, 0.1) is 0 Å². The number of carbonyl (C=O) groups excluding carboxylic acids is 1. The molecule has 2 bridgehead atoms. The van der Waals surface area contributed by atoms with Crippen LogP contribution in [0, 0.1) is 5.41 Å². The van der Waals surface area contributed by atoms with E-state index in [1.54, 1.807) is 0 Å². The number of aliphatic hydroxyl groups is 1. The average Bonchev–Trinajstić information content (AvgIpc) is 2.47. The summed E-state index contributed by atoms with van der Waals surface area (Å²) in [5, 5.41) is 9.99. The van der Waals surface area contributed by atoms with Crippen molar-refractivity contribution in [3.63, 3.8) is 0 Å². The van der Waals surface area contributed by atoms with E-state index >= 15 is 0 Å². The van der Waals surface area contributed by atoms with Crippen molar-refractivity contribution in [2.75, 3.05) is 0 Å². The molecule has 0 aliphatic heterocycles. The summed E-state index contributed by atoms with van der Waals surface area (Å²) in [5.41, 5.74) is 3.58. The number of aliphatic hydroxyl groups excluding tert-OH is 1. The highest BCUT2D eigenvalue weighted by Crippen LogP contribution is 2.42. The van der Waals surface area contributed by atoms with E-state index in [-0.39, 0.29) is 11.2 Å². The Balaban J connectivity index is 2.48. The number of carbonyl (C=O) groups is 1. The van der Waals surface area contributed by atoms with Crippen molar-refractivity contribution in [2.24, 2.45) is 5.41 Å². The Morgan fingerprint density at radius 3 is 2.88 bits per heavy atom. The number of allylic oxidation sites excluding steroid dienone is 5. The molecule has 0 spiro atoms. The van der Waals surface area contributed by atoms with Crippen LogP contribution in [-0.4, -0.2) is 11.4 Å². The summed E-state index contributed by atoms with van der Waals surface area (Å²) >= 11 is 0. The van der Waals surface area contributed by atoms with Crippen LogP contribution in [0.5, 0.6) is 0 Å². The second kappa shape index (κ2) is 4.52. The van der Waals surface area contributed by atoms with Crippen LogP contribution >= 0.6 is 0 Å². The summed E-state index contributed by atoms with van der Waals surface area (Å²) in [5.74, 6) is 0.278. The maximum absolute atomic E-state index is 10.7. The van der Waals surface area contributed by atoms with E-state index < -0.39 is 0 Å². The van der Waals surface area contributed by atoms with Gasteiger partial charge in [0.25, 0.3) is 0 Å². The summed E-state index contributed by atoms with van der Waals surface area (Å²) in [6.45, 7) is 4.51. The first-order chi connectivity index (χ1) is 8.03. The first-order valence-electron chi connectivity index (χ1n) is 6.29. The molecular formula is C15H20O2. The van der Waals surface area contributed by atoms with E-state index in [1.807, 2.05) is 12.2 Å². The second-order valence-electron chi connectivity index (χ2n) is 5.67. The van der Waals surface area contributed by atoms with Crippen molar-refractivity contribution in [1.29, 1.82) is 0 Å². The predicted molar refractivity (Wildman–Crippen MR) is 68.8 cm³/mol. The van der Waals surface area contributed by atoms with Gasteiger partial charge in [-0.25, -0.2) is 0 Å². The van der Waals surface area contributed by atoms with Crippen molar-refractivity contribution in [3.05, 3.63) is 34.6 Å². The van der Waals surface area contributed by atoms with Crippen molar-refractivity contribution < 1.29 is 9.90 Å². The Hall–Kier alpha value is -1.31. The zero-order chi connectivity index (χ0) is 12.5. The molecule has 2 aliphatic rings. The summed E-state index contributed by atoms with van der Waals surface area (Å²) in [7, 11) is 0. The van der Waals surface area contributed by atoms with E-state index in [2.05, 4.69) is 13.8 Å². The molecule has 92 valence electrons. The summed E-state index contributed by atoms with van der Waals surface area (Å²) in [6.07, 6.45) is 9.41. The number of hydrogen-bond donors (Lipinski definition) is 1. The zero-order valence-corrected chi connectivity index (χ0v) is 10.6. The van der Waals surface area contributed by atoms with Gasteiger partial charge in [0, 0.05) is 12.0 Å². The number of aldehydes is 1. The van der Waals surface area contributed by atoms with Gasteiger partial charge in [-0.1, -0.05) is 31.1 Å². The van der Waals surface area contributed by atoms with Crippen molar-refractivity contribution in [3.8, 4) is 0 Å². The third kappa shape index (κ3) is 2.51. The maximum Gasteiger partial charge on any atom is 0.124 e. The largest absolute Gasteiger partial charge is 0.508 e. The highest BCUT2D eigenvalue weighted by Gasteiger charge is 2.28. The SMILES string of the molecule is CC1(C)CCCC2=CC(O)=C(CC=O)C=C1C2. The highest BCUT2D eigenvalue weighted by molar-refractivity contribution is 5.58. The molecule has 2 nitrogen and oxygen atoms in total. The molecule has 2 aliphatic carbocycles. The van der Waals surface area contributed by atoms with Gasteiger partial charge in [0.1, 0.15) is 12.0 Å². The minimum atomic E-state index is 0.175. The van der Waals surface area contributed by atoms with Gasteiger partial charge in [-0.2, -0.15) is 0 Å². The van der Waals surface area contributed by atoms with Crippen LogP contribution in [0.25, 0.3) is 0 Å². The molecule has 2 rings (SSSR count). The minimum Gasteiger partial charge on any atom is -0.508 e. The molecule has 0 heterocycles. The molecule has 17 heavy (non-hydrogen) atoms. The van der Waals surface area contributed by atoms with E-state index in [4.69, 9.17) is 0 Å². The van der Waals surface area contributed by atoms with Crippen LogP contribution in [-0.2, 0) is 4.79 Å². The molecule has 2 heteroatoms. The quantitative estimate of drug-likeness (QED) is 0.734. The van der Waals surface area contributed by atoms with Crippen molar-refractivity contribution in [2.45, 2.75) is 46.0 Å². The lowest BCUT2D eigenvalue weighted by Gasteiger charge is -2.26. The predicted octanol–water partition coefficient (Wildman–Crippen LogP) is 3.85. The Kier molecular flexibility index (Phi) is 3.23. The Morgan fingerprint density at radius 1 is 1.41 bits per heavy atom. The van der Waals surface area contributed by atoms with Crippen LogP contribution < -0.4 is 0 Å². The first-order valence-corrected chi connectivity index (χ1v) is 6.29. The van der Waals surface area contributed by atoms with Gasteiger partial charge in [0.15, 0.2) is 0 Å². The van der Waals surface area contributed by atoms with Gasteiger partial charge in [-0.05, 0) is 37.2 Å². The number of fused-ring (bicyclic) bond motifs is 2. The molecule has 1 N–H and O–H groups in total. The molecular weight excluding hydrogens is 212 g/mol. The van der Waals surface area contributed by atoms with E-state index in [1.165, 1.54) is 24.0 Å². The Bertz CT molecular complexity index is 422. The normalized spacial score (nSPS) is 23.4. The Labute approximate surface area is 103 Å². The molecule has 0 amide bonds. The molecule has 0 unspecified atom stereocenters. The van der Waals surface area contributed by atoms with Crippen LogP contribution in [0.2, 0.25) is 0 Å². The van der Waals surface area contributed by atoms with E-state index in [0.717, 1.165) is 24.7 Å². The summed E-state index contributed by atoms with van der Waals surface area (Å²) in [4.78, 5) is 10.7. The second-order valence-corrected chi connectivity index (χ2v) is 5.67. The third-order valence-corrected chi connectivity index (χ3v) is 3.91.